The SMILES string of the molecule is CC(C)(O)c1cnc2n1C[C@H](c1c(F)cccc1F)CC[C@H]2N. The summed E-state index contributed by atoms with van der Waals surface area (Å²) in [5, 5.41) is 10.3. The zero-order valence-electron chi connectivity index (χ0n) is 13.3. The third-order valence-electron chi connectivity index (χ3n) is 4.48. The minimum atomic E-state index is -1.10. The van der Waals surface area contributed by atoms with Crippen LogP contribution in [0.25, 0.3) is 0 Å². The molecule has 2 heterocycles. The predicted octanol–water partition coefficient (Wildman–Crippen LogP) is 2.97. The fourth-order valence-corrected chi connectivity index (χ4v) is 3.32. The molecule has 1 aromatic carbocycles. The Balaban J connectivity index is 2.07. The van der Waals surface area contributed by atoms with Gasteiger partial charge in [-0.05, 0) is 38.8 Å². The number of aliphatic hydroxyl groups is 1. The molecule has 6 heteroatoms. The Bertz CT molecular complexity index is 701. The second-order valence-electron chi connectivity index (χ2n) is 6.69. The summed E-state index contributed by atoms with van der Waals surface area (Å²) in [7, 11) is 0. The van der Waals surface area contributed by atoms with E-state index in [-0.39, 0.29) is 17.5 Å². The molecule has 1 aromatic heterocycles. The van der Waals surface area contributed by atoms with E-state index in [0.29, 0.717) is 30.9 Å². The highest BCUT2D eigenvalue weighted by atomic mass is 19.1. The van der Waals surface area contributed by atoms with E-state index in [9.17, 15) is 13.9 Å². The van der Waals surface area contributed by atoms with E-state index in [1.807, 2.05) is 4.57 Å². The quantitative estimate of drug-likeness (QED) is 0.894. The largest absolute Gasteiger partial charge is 0.384 e. The van der Waals surface area contributed by atoms with Crippen molar-refractivity contribution in [2.45, 2.75) is 50.8 Å². The molecule has 2 aromatic rings. The molecule has 0 radical (unpaired) electrons. The number of benzene rings is 1. The summed E-state index contributed by atoms with van der Waals surface area (Å²) in [5.74, 6) is -0.783. The number of nitrogens with zero attached hydrogens (tertiary/aromatic N) is 2. The first-order chi connectivity index (χ1) is 10.8. The van der Waals surface area contributed by atoms with Gasteiger partial charge in [-0.1, -0.05) is 6.07 Å². The molecule has 4 nitrogen and oxygen atoms in total. The second-order valence-corrected chi connectivity index (χ2v) is 6.69. The maximum absolute atomic E-state index is 14.2. The van der Waals surface area contributed by atoms with Crippen molar-refractivity contribution >= 4 is 0 Å². The number of aromatic nitrogens is 2. The van der Waals surface area contributed by atoms with Crippen LogP contribution in [-0.4, -0.2) is 14.7 Å². The lowest BCUT2D eigenvalue weighted by molar-refractivity contribution is 0.0690. The molecule has 0 amide bonds. The maximum Gasteiger partial charge on any atom is 0.129 e. The van der Waals surface area contributed by atoms with Gasteiger partial charge in [0.05, 0.1) is 17.9 Å². The summed E-state index contributed by atoms with van der Waals surface area (Å²) in [4.78, 5) is 4.33. The first-order valence-electron chi connectivity index (χ1n) is 7.76. The summed E-state index contributed by atoms with van der Waals surface area (Å²) in [6.45, 7) is 3.67. The van der Waals surface area contributed by atoms with Gasteiger partial charge >= 0.3 is 0 Å². The molecule has 0 bridgehead atoms. The summed E-state index contributed by atoms with van der Waals surface area (Å²) in [6, 6.07) is 3.59. The fourth-order valence-electron chi connectivity index (χ4n) is 3.32. The van der Waals surface area contributed by atoms with Crippen molar-refractivity contribution in [1.29, 1.82) is 0 Å². The van der Waals surface area contributed by atoms with E-state index in [4.69, 9.17) is 5.73 Å². The lowest BCUT2D eigenvalue weighted by Gasteiger charge is -2.23. The van der Waals surface area contributed by atoms with Crippen LogP contribution in [0, 0.1) is 11.6 Å². The van der Waals surface area contributed by atoms with Crippen molar-refractivity contribution in [3.05, 3.63) is 53.1 Å². The molecule has 0 unspecified atom stereocenters. The second kappa shape index (κ2) is 5.69. The van der Waals surface area contributed by atoms with E-state index in [1.54, 1.807) is 20.0 Å². The molecule has 23 heavy (non-hydrogen) atoms. The number of rotatable bonds is 2. The Kier molecular flexibility index (Phi) is 3.98. The van der Waals surface area contributed by atoms with Crippen molar-refractivity contribution in [3.8, 4) is 0 Å². The monoisotopic (exact) mass is 321 g/mol. The molecule has 0 saturated heterocycles. The smallest absolute Gasteiger partial charge is 0.129 e. The van der Waals surface area contributed by atoms with E-state index in [2.05, 4.69) is 4.98 Å². The zero-order chi connectivity index (χ0) is 16.8. The minimum Gasteiger partial charge on any atom is -0.384 e. The van der Waals surface area contributed by atoms with Crippen LogP contribution in [0.2, 0.25) is 0 Å². The molecule has 0 aliphatic carbocycles. The van der Waals surface area contributed by atoms with Crippen LogP contribution >= 0.6 is 0 Å². The molecule has 124 valence electrons. The van der Waals surface area contributed by atoms with Gasteiger partial charge in [0.25, 0.3) is 0 Å². The van der Waals surface area contributed by atoms with Crippen LogP contribution in [0.4, 0.5) is 8.78 Å². The molecular weight excluding hydrogens is 300 g/mol. The molecule has 1 aliphatic heterocycles. The first-order valence-corrected chi connectivity index (χ1v) is 7.76. The summed E-state index contributed by atoms with van der Waals surface area (Å²) in [6.07, 6.45) is 2.74. The van der Waals surface area contributed by atoms with Crippen molar-refractivity contribution in [1.82, 2.24) is 9.55 Å². The van der Waals surface area contributed by atoms with Crippen molar-refractivity contribution in [2.24, 2.45) is 5.73 Å². The molecule has 0 saturated carbocycles. The molecule has 3 rings (SSSR count). The average molecular weight is 321 g/mol. The lowest BCUT2D eigenvalue weighted by Crippen LogP contribution is -2.24. The highest BCUT2D eigenvalue weighted by Crippen LogP contribution is 2.36. The molecule has 0 fully saturated rings. The van der Waals surface area contributed by atoms with Gasteiger partial charge in [-0.25, -0.2) is 13.8 Å². The molecule has 0 spiro atoms. The van der Waals surface area contributed by atoms with Crippen LogP contribution in [0.1, 0.15) is 55.7 Å². The van der Waals surface area contributed by atoms with Gasteiger partial charge in [0.15, 0.2) is 0 Å². The van der Waals surface area contributed by atoms with Crippen molar-refractivity contribution in [2.75, 3.05) is 0 Å². The third-order valence-corrected chi connectivity index (χ3v) is 4.48. The highest BCUT2D eigenvalue weighted by Gasteiger charge is 2.32. The van der Waals surface area contributed by atoms with Crippen LogP contribution in [-0.2, 0) is 12.1 Å². The molecule has 1 aliphatic rings. The van der Waals surface area contributed by atoms with E-state index in [1.165, 1.54) is 18.2 Å². The number of nitrogens with two attached hydrogens (primary N) is 1. The predicted molar refractivity (Wildman–Crippen MR) is 82.7 cm³/mol. The normalized spacial score (nSPS) is 21.8. The van der Waals surface area contributed by atoms with Gasteiger partial charge in [-0.15, -0.1) is 0 Å². The Morgan fingerprint density at radius 3 is 2.52 bits per heavy atom. The van der Waals surface area contributed by atoms with Crippen LogP contribution in [0.3, 0.4) is 0 Å². The van der Waals surface area contributed by atoms with Gasteiger partial charge in [0.2, 0.25) is 0 Å². The minimum absolute atomic E-state index is 0.0861. The Morgan fingerprint density at radius 1 is 1.26 bits per heavy atom. The number of imidazole rings is 1. The lowest BCUT2D eigenvalue weighted by atomic mass is 9.92. The zero-order valence-corrected chi connectivity index (χ0v) is 13.3. The molecule has 2 atom stereocenters. The molecular formula is C17H21F2N3O. The Morgan fingerprint density at radius 2 is 1.91 bits per heavy atom. The summed E-state index contributed by atoms with van der Waals surface area (Å²) in [5.41, 5.74) is 5.75. The number of hydrogen-bond donors (Lipinski definition) is 2. The first kappa shape index (κ1) is 16.1. The Labute approximate surface area is 134 Å². The van der Waals surface area contributed by atoms with Gasteiger partial charge in [0, 0.05) is 18.0 Å². The van der Waals surface area contributed by atoms with Crippen LogP contribution < -0.4 is 5.73 Å². The standard InChI is InChI=1S/C17H21F2N3O/c1-17(2,23)14-8-21-16-13(20)7-6-10(9-22(14)16)15-11(18)4-3-5-12(15)19/h3-5,8,10,13,23H,6-7,9,20H2,1-2H3/t10-,13-/m1/s1. The molecule has 3 N–H and O–H groups in total. The Hall–Kier alpha value is -1.79. The van der Waals surface area contributed by atoms with Crippen LogP contribution in [0.15, 0.2) is 24.4 Å². The van der Waals surface area contributed by atoms with Gasteiger partial charge in [0.1, 0.15) is 23.1 Å². The van der Waals surface area contributed by atoms with Crippen LogP contribution in [0.5, 0.6) is 0 Å². The van der Waals surface area contributed by atoms with Gasteiger partial charge in [-0.3, -0.25) is 0 Å². The van der Waals surface area contributed by atoms with E-state index >= 15 is 0 Å². The number of halogens is 2. The summed E-state index contributed by atoms with van der Waals surface area (Å²) >= 11 is 0. The topological polar surface area (TPSA) is 64.1 Å². The number of hydrogen-bond acceptors (Lipinski definition) is 3. The van der Waals surface area contributed by atoms with Gasteiger partial charge in [-0.2, -0.15) is 0 Å². The fraction of sp³-hybridized carbons (Fsp3) is 0.471. The van der Waals surface area contributed by atoms with Crippen molar-refractivity contribution in [3.63, 3.8) is 0 Å². The maximum atomic E-state index is 14.2. The summed E-state index contributed by atoms with van der Waals surface area (Å²) < 4.78 is 30.1. The number of fused-ring (bicyclic) bond motifs is 1. The average Bonchev–Trinajstić information content (AvgIpc) is 2.81. The third kappa shape index (κ3) is 2.88. The van der Waals surface area contributed by atoms with Crippen molar-refractivity contribution < 1.29 is 13.9 Å². The van der Waals surface area contributed by atoms with E-state index < -0.39 is 17.2 Å². The van der Waals surface area contributed by atoms with E-state index in [0.717, 1.165) is 0 Å². The van der Waals surface area contributed by atoms with Gasteiger partial charge < -0.3 is 15.4 Å². The highest BCUT2D eigenvalue weighted by molar-refractivity contribution is 5.26.